The Hall–Kier alpha value is -2.76. The van der Waals surface area contributed by atoms with E-state index in [0.717, 1.165) is 0 Å². The van der Waals surface area contributed by atoms with Gasteiger partial charge in [-0.3, -0.25) is 9.59 Å². The number of hydrogen-bond acceptors (Lipinski definition) is 3. The van der Waals surface area contributed by atoms with Gasteiger partial charge in [0, 0.05) is 27.9 Å². The molecule has 0 fully saturated rings. The molecule has 0 saturated carbocycles. The zero-order valence-corrected chi connectivity index (χ0v) is 16.8. The Morgan fingerprint density at radius 2 is 1.64 bits per heavy atom. The second-order valence-electron chi connectivity index (χ2n) is 6.47. The fourth-order valence-electron chi connectivity index (χ4n) is 2.45. The van der Waals surface area contributed by atoms with Gasteiger partial charge in [-0.1, -0.05) is 43.1 Å². The maximum absolute atomic E-state index is 12.5. The highest BCUT2D eigenvalue weighted by atomic mass is 35.5. The van der Waals surface area contributed by atoms with Gasteiger partial charge in [0.15, 0.2) is 5.76 Å². The number of carbonyl (C=O) groups excluding carboxylic acids is 2. The van der Waals surface area contributed by atoms with Gasteiger partial charge in [0.05, 0.1) is 5.02 Å². The van der Waals surface area contributed by atoms with Crippen LogP contribution >= 0.6 is 23.2 Å². The van der Waals surface area contributed by atoms with Crippen molar-refractivity contribution in [1.29, 1.82) is 0 Å². The molecule has 5 nitrogen and oxygen atoms in total. The number of halogens is 2. The maximum atomic E-state index is 12.5. The van der Waals surface area contributed by atoms with E-state index >= 15 is 0 Å². The van der Waals surface area contributed by atoms with E-state index in [2.05, 4.69) is 10.6 Å². The van der Waals surface area contributed by atoms with Crippen LogP contribution in [0.15, 0.2) is 59.0 Å². The quantitative estimate of drug-likeness (QED) is 0.527. The van der Waals surface area contributed by atoms with E-state index in [1.165, 1.54) is 0 Å². The zero-order valence-electron chi connectivity index (χ0n) is 15.3. The minimum absolute atomic E-state index is 0.0982. The Kier molecular flexibility index (Phi) is 6.07. The van der Waals surface area contributed by atoms with Crippen molar-refractivity contribution < 1.29 is 14.0 Å². The van der Waals surface area contributed by atoms with E-state index < -0.39 is 5.91 Å². The third kappa shape index (κ3) is 4.74. The Morgan fingerprint density at radius 1 is 0.929 bits per heavy atom. The molecule has 1 aromatic heterocycles. The van der Waals surface area contributed by atoms with E-state index in [1.54, 1.807) is 54.6 Å². The normalized spacial score (nSPS) is 10.8. The fraction of sp³-hybridized carbons (Fsp3) is 0.143. The van der Waals surface area contributed by atoms with E-state index in [0.29, 0.717) is 32.7 Å². The molecule has 144 valence electrons. The molecule has 0 aliphatic heterocycles. The summed E-state index contributed by atoms with van der Waals surface area (Å²) in [4.78, 5) is 24.3. The van der Waals surface area contributed by atoms with Crippen molar-refractivity contribution in [3.8, 4) is 11.3 Å². The minimum atomic E-state index is -0.413. The van der Waals surface area contributed by atoms with Gasteiger partial charge in [0.2, 0.25) is 5.91 Å². The SMILES string of the molecule is CC(C)C(=O)Nc1cccc(NC(=O)c2ccc(-c3ccc(Cl)cc3Cl)o2)c1. The smallest absolute Gasteiger partial charge is 0.291 e. The van der Waals surface area contributed by atoms with Crippen LogP contribution in [0.25, 0.3) is 11.3 Å². The van der Waals surface area contributed by atoms with Crippen LogP contribution in [0.2, 0.25) is 10.0 Å². The Morgan fingerprint density at radius 3 is 2.32 bits per heavy atom. The molecule has 1 heterocycles. The number of hydrogen-bond donors (Lipinski definition) is 2. The van der Waals surface area contributed by atoms with E-state index in [9.17, 15) is 9.59 Å². The van der Waals surface area contributed by atoms with Crippen molar-refractivity contribution in [2.75, 3.05) is 10.6 Å². The standard InChI is InChI=1S/C21H18Cl2N2O3/c1-12(2)20(26)24-14-4-3-5-15(11-14)25-21(27)19-9-8-18(28-19)16-7-6-13(22)10-17(16)23/h3-12H,1-2H3,(H,24,26)(H,25,27). The molecule has 0 saturated heterocycles. The second-order valence-corrected chi connectivity index (χ2v) is 7.31. The van der Waals surface area contributed by atoms with Crippen LogP contribution in [0.4, 0.5) is 11.4 Å². The molecule has 3 rings (SSSR count). The molecule has 2 aromatic carbocycles. The highest BCUT2D eigenvalue weighted by molar-refractivity contribution is 6.36. The molecular weight excluding hydrogens is 399 g/mol. The lowest BCUT2D eigenvalue weighted by atomic mass is 10.2. The molecule has 2 amide bonds. The van der Waals surface area contributed by atoms with Crippen LogP contribution in [0, 0.1) is 5.92 Å². The first-order valence-corrected chi connectivity index (χ1v) is 9.36. The molecule has 0 unspecified atom stereocenters. The summed E-state index contributed by atoms with van der Waals surface area (Å²) in [5.74, 6) is -0.0513. The van der Waals surface area contributed by atoms with Gasteiger partial charge in [-0.15, -0.1) is 0 Å². The molecule has 0 spiro atoms. The summed E-state index contributed by atoms with van der Waals surface area (Å²) in [5.41, 5.74) is 1.78. The van der Waals surface area contributed by atoms with Crippen molar-refractivity contribution in [1.82, 2.24) is 0 Å². The van der Waals surface area contributed by atoms with Gasteiger partial charge >= 0.3 is 0 Å². The van der Waals surface area contributed by atoms with Crippen LogP contribution in [0.3, 0.4) is 0 Å². The van der Waals surface area contributed by atoms with Crippen molar-refractivity contribution in [2.24, 2.45) is 5.92 Å². The topological polar surface area (TPSA) is 71.3 Å². The summed E-state index contributed by atoms with van der Waals surface area (Å²) >= 11 is 12.1. The highest BCUT2D eigenvalue weighted by Gasteiger charge is 2.15. The van der Waals surface area contributed by atoms with Gasteiger partial charge in [0.25, 0.3) is 5.91 Å². The summed E-state index contributed by atoms with van der Waals surface area (Å²) in [6.45, 7) is 3.62. The number of rotatable bonds is 5. The first-order valence-electron chi connectivity index (χ1n) is 8.61. The fourth-order valence-corrected chi connectivity index (χ4v) is 2.95. The van der Waals surface area contributed by atoms with E-state index in [1.807, 2.05) is 13.8 Å². The summed E-state index contributed by atoms with van der Waals surface area (Å²) in [7, 11) is 0. The number of anilines is 2. The van der Waals surface area contributed by atoms with Gasteiger partial charge < -0.3 is 15.1 Å². The minimum Gasteiger partial charge on any atom is -0.451 e. The average molecular weight is 417 g/mol. The first-order chi connectivity index (χ1) is 13.3. The summed E-state index contributed by atoms with van der Waals surface area (Å²) in [5, 5.41) is 6.49. The van der Waals surface area contributed by atoms with Crippen LogP contribution in [-0.4, -0.2) is 11.8 Å². The second kappa shape index (κ2) is 8.50. The molecule has 0 aliphatic carbocycles. The lowest BCUT2D eigenvalue weighted by Gasteiger charge is -2.09. The molecule has 2 N–H and O–H groups in total. The van der Waals surface area contributed by atoms with Crippen LogP contribution in [-0.2, 0) is 4.79 Å². The molecule has 0 atom stereocenters. The molecule has 3 aromatic rings. The summed E-state index contributed by atoms with van der Waals surface area (Å²) < 4.78 is 5.64. The van der Waals surface area contributed by atoms with Crippen LogP contribution < -0.4 is 10.6 Å². The first kappa shape index (κ1) is 20.0. The third-order valence-corrected chi connectivity index (χ3v) is 4.49. The predicted octanol–water partition coefficient (Wildman–Crippen LogP) is 6.10. The van der Waals surface area contributed by atoms with Gasteiger partial charge in [-0.2, -0.15) is 0 Å². The Bertz CT molecular complexity index is 1030. The molecule has 0 bridgehead atoms. The number of amides is 2. The zero-order chi connectivity index (χ0) is 20.3. The third-order valence-electron chi connectivity index (χ3n) is 3.94. The number of furan rings is 1. The summed E-state index contributed by atoms with van der Waals surface area (Å²) in [6, 6.07) is 15.2. The van der Waals surface area contributed by atoms with Gasteiger partial charge in [0.1, 0.15) is 5.76 Å². The van der Waals surface area contributed by atoms with Crippen LogP contribution in [0.1, 0.15) is 24.4 Å². The lowest BCUT2D eigenvalue weighted by molar-refractivity contribution is -0.118. The van der Waals surface area contributed by atoms with E-state index in [4.69, 9.17) is 27.6 Å². The van der Waals surface area contributed by atoms with Crippen molar-refractivity contribution >= 4 is 46.4 Å². The van der Waals surface area contributed by atoms with E-state index in [-0.39, 0.29) is 17.6 Å². The summed E-state index contributed by atoms with van der Waals surface area (Å²) in [6.07, 6.45) is 0. The van der Waals surface area contributed by atoms with Crippen LogP contribution in [0.5, 0.6) is 0 Å². The predicted molar refractivity (Wildman–Crippen MR) is 112 cm³/mol. The largest absolute Gasteiger partial charge is 0.451 e. The molecule has 0 aliphatic rings. The monoisotopic (exact) mass is 416 g/mol. The lowest BCUT2D eigenvalue weighted by Crippen LogP contribution is -2.18. The highest BCUT2D eigenvalue weighted by Crippen LogP contribution is 2.31. The van der Waals surface area contributed by atoms with Gasteiger partial charge in [-0.05, 0) is 48.5 Å². The van der Waals surface area contributed by atoms with Crippen molar-refractivity contribution in [2.45, 2.75) is 13.8 Å². The Balaban J connectivity index is 1.74. The average Bonchev–Trinajstić information content (AvgIpc) is 3.12. The number of carbonyl (C=O) groups is 2. The maximum Gasteiger partial charge on any atom is 0.291 e. The van der Waals surface area contributed by atoms with Crippen molar-refractivity contribution in [3.05, 3.63) is 70.4 Å². The number of nitrogens with one attached hydrogen (secondary N) is 2. The number of benzene rings is 2. The molecule has 7 heteroatoms. The van der Waals surface area contributed by atoms with Crippen molar-refractivity contribution in [3.63, 3.8) is 0 Å². The van der Waals surface area contributed by atoms with Gasteiger partial charge in [-0.25, -0.2) is 0 Å². The Labute approximate surface area is 172 Å². The molecule has 28 heavy (non-hydrogen) atoms. The molecule has 0 radical (unpaired) electrons. The molecular formula is C21H18Cl2N2O3.